The molecule has 1 fully saturated rings. The number of amides is 2. The van der Waals surface area contributed by atoms with Crippen molar-refractivity contribution in [2.75, 3.05) is 11.9 Å². The lowest BCUT2D eigenvalue weighted by Crippen LogP contribution is -2.31. The minimum absolute atomic E-state index is 0.142. The van der Waals surface area contributed by atoms with Gasteiger partial charge in [-0.2, -0.15) is 0 Å². The van der Waals surface area contributed by atoms with Gasteiger partial charge in [-0.1, -0.05) is 81.9 Å². The van der Waals surface area contributed by atoms with E-state index in [2.05, 4.69) is 57.4 Å². The molecule has 0 unspecified atom stereocenters. The quantitative estimate of drug-likeness (QED) is 0.283. The lowest BCUT2D eigenvalue weighted by molar-refractivity contribution is -0.122. The lowest BCUT2D eigenvalue weighted by Gasteiger charge is -2.13. The van der Waals surface area contributed by atoms with E-state index >= 15 is 0 Å². The molecule has 0 aliphatic carbocycles. The zero-order valence-electron chi connectivity index (χ0n) is 17.7. The SMILES string of the molecule is Cc1ccc(Cc2cnc(NC(=O)CCN3C(=O)/C(=C/c4cccc(Br)c4)SC3=S)s2)cc1. The molecule has 0 bridgehead atoms. The molecule has 0 atom stereocenters. The Balaban J connectivity index is 1.31. The number of rotatable bonds is 7. The molecule has 9 heteroatoms. The molecule has 0 radical (unpaired) electrons. The summed E-state index contributed by atoms with van der Waals surface area (Å²) in [7, 11) is 0. The summed E-state index contributed by atoms with van der Waals surface area (Å²) < 4.78 is 1.40. The van der Waals surface area contributed by atoms with E-state index in [0.29, 0.717) is 14.4 Å². The molecule has 1 saturated heterocycles. The highest BCUT2D eigenvalue weighted by molar-refractivity contribution is 9.10. The van der Waals surface area contributed by atoms with Gasteiger partial charge in [-0.15, -0.1) is 11.3 Å². The molecule has 4 rings (SSSR count). The molecule has 1 aromatic heterocycles. The molecule has 3 aromatic rings. The number of nitrogens with zero attached hydrogens (tertiary/aromatic N) is 2. The number of anilines is 1. The second kappa shape index (κ2) is 10.7. The summed E-state index contributed by atoms with van der Waals surface area (Å²) in [6.45, 7) is 2.29. The summed E-state index contributed by atoms with van der Waals surface area (Å²) in [4.78, 5) is 32.6. The fraction of sp³-hybridized carbons (Fsp3) is 0.167. The Bertz CT molecular complexity index is 1240. The van der Waals surface area contributed by atoms with E-state index in [4.69, 9.17) is 12.2 Å². The Labute approximate surface area is 214 Å². The number of thioether (sulfide) groups is 1. The molecule has 2 amide bonds. The van der Waals surface area contributed by atoms with Crippen molar-refractivity contribution >= 4 is 78.6 Å². The van der Waals surface area contributed by atoms with E-state index < -0.39 is 0 Å². The van der Waals surface area contributed by atoms with Gasteiger partial charge in [-0.3, -0.25) is 14.5 Å². The van der Waals surface area contributed by atoms with Crippen molar-refractivity contribution in [3.8, 4) is 0 Å². The van der Waals surface area contributed by atoms with Crippen LogP contribution in [0.5, 0.6) is 0 Å². The average molecular weight is 559 g/mol. The Morgan fingerprint density at radius 1 is 1.24 bits per heavy atom. The maximum absolute atomic E-state index is 12.8. The van der Waals surface area contributed by atoms with E-state index in [-0.39, 0.29) is 24.8 Å². The number of benzene rings is 2. The number of halogens is 1. The predicted octanol–water partition coefficient (Wildman–Crippen LogP) is 6.03. The van der Waals surface area contributed by atoms with Crippen LogP contribution in [-0.2, 0) is 16.0 Å². The van der Waals surface area contributed by atoms with E-state index in [0.717, 1.165) is 21.3 Å². The summed E-state index contributed by atoms with van der Waals surface area (Å²) in [6, 6.07) is 16.1. The Morgan fingerprint density at radius 3 is 2.79 bits per heavy atom. The fourth-order valence-corrected chi connectivity index (χ4v) is 5.78. The van der Waals surface area contributed by atoms with Crippen LogP contribution in [0, 0.1) is 6.92 Å². The fourth-order valence-electron chi connectivity index (χ4n) is 3.19. The van der Waals surface area contributed by atoms with E-state index in [1.807, 2.05) is 30.3 Å². The number of aryl methyl sites for hydroxylation is 1. The predicted molar refractivity (Wildman–Crippen MR) is 143 cm³/mol. The molecule has 0 saturated carbocycles. The van der Waals surface area contributed by atoms with Crippen LogP contribution < -0.4 is 5.32 Å². The topological polar surface area (TPSA) is 62.3 Å². The van der Waals surface area contributed by atoms with Gasteiger partial charge >= 0.3 is 0 Å². The third-order valence-corrected chi connectivity index (χ3v) is 7.67. The molecular weight excluding hydrogens is 538 g/mol. The van der Waals surface area contributed by atoms with Crippen LogP contribution in [-0.4, -0.2) is 32.6 Å². The maximum Gasteiger partial charge on any atom is 0.266 e. The second-order valence-corrected chi connectivity index (χ2v) is 11.2. The summed E-state index contributed by atoms with van der Waals surface area (Å²) in [5.41, 5.74) is 3.33. The molecule has 33 heavy (non-hydrogen) atoms. The summed E-state index contributed by atoms with van der Waals surface area (Å²) >= 11 is 11.5. The third-order valence-electron chi connectivity index (χ3n) is 4.88. The van der Waals surface area contributed by atoms with Crippen molar-refractivity contribution in [1.29, 1.82) is 0 Å². The minimum atomic E-state index is -0.198. The first kappa shape index (κ1) is 23.8. The number of thiazole rings is 1. The van der Waals surface area contributed by atoms with Crippen LogP contribution in [0.1, 0.15) is 28.0 Å². The van der Waals surface area contributed by atoms with Crippen LogP contribution >= 0.6 is 51.2 Å². The normalized spacial score (nSPS) is 14.8. The Hall–Kier alpha value is -2.33. The van der Waals surface area contributed by atoms with Crippen molar-refractivity contribution in [1.82, 2.24) is 9.88 Å². The van der Waals surface area contributed by atoms with Crippen LogP contribution in [0.25, 0.3) is 6.08 Å². The highest BCUT2D eigenvalue weighted by Crippen LogP contribution is 2.33. The molecule has 5 nitrogen and oxygen atoms in total. The lowest BCUT2D eigenvalue weighted by atomic mass is 10.1. The van der Waals surface area contributed by atoms with E-state index in [1.54, 1.807) is 6.20 Å². The van der Waals surface area contributed by atoms with Crippen LogP contribution in [0.4, 0.5) is 5.13 Å². The van der Waals surface area contributed by atoms with Crippen molar-refractivity contribution in [2.45, 2.75) is 19.8 Å². The molecule has 1 aliphatic rings. The van der Waals surface area contributed by atoms with Gasteiger partial charge in [-0.05, 0) is 36.3 Å². The Morgan fingerprint density at radius 2 is 2.03 bits per heavy atom. The summed E-state index contributed by atoms with van der Waals surface area (Å²) in [5, 5.41) is 3.39. The largest absolute Gasteiger partial charge is 0.302 e. The van der Waals surface area contributed by atoms with E-state index in [1.165, 1.54) is 39.1 Å². The van der Waals surface area contributed by atoms with Crippen LogP contribution in [0.2, 0.25) is 0 Å². The van der Waals surface area contributed by atoms with Gasteiger partial charge in [0, 0.05) is 34.9 Å². The van der Waals surface area contributed by atoms with Gasteiger partial charge in [0.1, 0.15) is 4.32 Å². The summed E-state index contributed by atoms with van der Waals surface area (Å²) in [6.07, 6.45) is 4.52. The zero-order chi connectivity index (χ0) is 23.4. The minimum Gasteiger partial charge on any atom is -0.302 e. The highest BCUT2D eigenvalue weighted by Gasteiger charge is 2.32. The maximum atomic E-state index is 12.8. The molecule has 168 valence electrons. The number of nitrogens with one attached hydrogen (secondary N) is 1. The van der Waals surface area contributed by atoms with Gasteiger partial charge < -0.3 is 5.32 Å². The highest BCUT2D eigenvalue weighted by atomic mass is 79.9. The van der Waals surface area contributed by atoms with Crippen LogP contribution in [0.15, 0.2) is 64.1 Å². The number of hydrogen-bond donors (Lipinski definition) is 1. The monoisotopic (exact) mass is 557 g/mol. The van der Waals surface area contributed by atoms with Gasteiger partial charge in [0.25, 0.3) is 5.91 Å². The zero-order valence-corrected chi connectivity index (χ0v) is 21.7. The Kier molecular flexibility index (Phi) is 7.75. The first-order valence-electron chi connectivity index (χ1n) is 10.2. The van der Waals surface area contributed by atoms with Crippen molar-refractivity contribution in [3.63, 3.8) is 0 Å². The number of carbonyl (C=O) groups excluding carboxylic acids is 2. The first-order chi connectivity index (χ1) is 15.9. The number of thiocarbonyl (C=S) groups is 1. The smallest absolute Gasteiger partial charge is 0.266 e. The summed E-state index contributed by atoms with van der Waals surface area (Å²) in [5.74, 6) is -0.372. The van der Waals surface area contributed by atoms with Gasteiger partial charge in [0.2, 0.25) is 5.91 Å². The van der Waals surface area contributed by atoms with Crippen molar-refractivity contribution in [3.05, 3.63) is 85.7 Å². The van der Waals surface area contributed by atoms with Crippen molar-refractivity contribution < 1.29 is 9.59 Å². The number of carbonyl (C=O) groups is 2. The molecule has 2 heterocycles. The van der Waals surface area contributed by atoms with E-state index in [9.17, 15) is 9.59 Å². The molecule has 1 aliphatic heterocycles. The molecular formula is C24H20BrN3O2S3. The van der Waals surface area contributed by atoms with Gasteiger partial charge in [-0.25, -0.2) is 4.98 Å². The molecule has 1 N–H and O–H groups in total. The van der Waals surface area contributed by atoms with Gasteiger partial charge in [0.15, 0.2) is 5.13 Å². The molecule has 2 aromatic carbocycles. The number of hydrogen-bond acceptors (Lipinski definition) is 6. The average Bonchev–Trinajstić information content (AvgIpc) is 3.31. The number of aromatic nitrogens is 1. The van der Waals surface area contributed by atoms with Crippen molar-refractivity contribution in [2.24, 2.45) is 0 Å². The third kappa shape index (κ3) is 6.38. The standard InChI is InChI=1S/C24H20BrN3O2S3/c1-15-5-7-16(8-6-15)12-19-14-26-23(32-19)27-21(29)9-10-28-22(30)20(33-24(28)31)13-17-3-2-4-18(25)11-17/h2-8,11,13-14H,9-10,12H2,1H3,(H,26,27,29)/b20-13-. The second-order valence-electron chi connectivity index (χ2n) is 7.48. The molecule has 0 spiro atoms. The first-order valence-corrected chi connectivity index (χ1v) is 13.0. The van der Waals surface area contributed by atoms with Crippen LogP contribution in [0.3, 0.4) is 0 Å². The van der Waals surface area contributed by atoms with Gasteiger partial charge in [0.05, 0.1) is 4.91 Å².